The van der Waals surface area contributed by atoms with Crippen LogP contribution in [0.15, 0.2) is 18.2 Å². The molecule has 21 heavy (non-hydrogen) atoms. The minimum atomic E-state index is 0.405. The van der Waals surface area contributed by atoms with Gasteiger partial charge in [-0.1, -0.05) is 36.6 Å². The molecule has 1 spiro atoms. The summed E-state index contributed by atoms with van der Waals surface area (Å²) in [6, 6.07) is 7.56. The SMILES string of the molecule is Cc1ccc(C)c(CN2CC3(CCCC3)NCCC2C)c1. The van der Waals surface area contributed by atoms with Crippen molar-refractivity contribution in [1.29, 1.82) is 0 Å². The van der Waals surface area contributed by atoms with Gasteiger partial charge in [0.05, 0.1) is 0 Å². The molecule has 2 fully saturated rings. The van der Waals surface area contributed by atoms with Crippen molar-refractivity contribution < 1.29 is 0 Å². The largest absolute Gasteiger partial charge is 0.310 e. The van der Waals surface area contributed by atoms with Gasteiger partial charge in [0.2, 0.25) is 0 Å². The van der Waals surface area contributed by atoms with Crippen molar-refractivity contribution in [2.75, 3.05) is 13.1 Å². The molecular formula is C19H30N2. The highest BCUT2D eigenvalue weighted by Gasteiger charge is 2.38. The highest BCUT2D eigenvalue weighted by Crippen LogP contribution is 2.33. The predicted octanol–water partition coefficient (Wildman–Crippen LogP) is 3.80. The first kappa shape index (κ1) is 15.1. The summed E-state index contributed by atoms with van der Waals surface area (Å²) in [5.74, 6) is 0. The maximum absolute atomic E-state index is 3.89. The molecule has 1 N–H and O–H groups in total. The maximum atomic E-state index is 3.89. The normalized spacial score (nSPS) is 26.1. The summed E-state index contributed by atoms with van der Waals surface area (Å²) < 4.78 is 0. The summed E-state index contributed by atoms with van der Waals surface area (Å²) in [5.41, 5.74) is 4.73. The van der Waals surface area contributed by atoms with E-state index in [1.54, 1.807) is 0 Å². The number of hydrogen-bond acceptors (Lipinski definition) is 2. The zero-order valence-electron chi connectivity index (χ0n) is 13.9. The van der Waals surface area contributed by atoms with Gasteiger partial charge in [-0.2, -0.15) is 0 Å². The van der Waals surface area contributed by atoms with E-state index in [-0.39, 0.29) is 0 Å². The molecule has 0 bridgehead atoms. The second-order valence-corrected chi connectivity index (χ2v) is 7.39. The Morgan fingerprint density at radius 1 is 1.24 bits per heavy atom. The van der Waals surface area contributed by atoms with Crippen LogP contribution in [0.3, 0.4) is 0 Å². The third-order valence-electron chi connectivity index (χ3n) is 5.63. The molecule has 1 atom stereocenters. The van der Waals surface area contributed by atoms with Crippen LogP contribution in [0.1, 0.15) is 55.7 Å². The average molecular weight is 286 g/mol. The van der Waals surface area contributed by atoms with Crippen LogP contribution in [0.2, 0.25) is 0 Å². The molecule has 1 unspecified atom stereocenters. The van der Waals surface area contributed by atoms with Gasteiger partial charge in [-0.15, -0.1) is 0 Å². The number of hydrogen-bond donors (Lipinski definition) is 1. The van der Waals surface area contributed by atoms with E-state index >= 15 is 0 Å². The molecule has 1 heterocycles. The smallest absolute Gasteiger partial charge is 0.0309 e. The molecule has 2 aliphatic rings. The molecule has 0 amide bonds. The topological polar surface area (TPSA) is 15.3 Å². The molecule has 1 saturated heterocycles. The number of nitrogens with zero attached hydrogens (tertiary/aromatic N) is 1. The zero-order chi connectivity index (χ0) is 14.9. The van der Waals surface area contributed by atoms with Gasteiger partial charge >= 0.3 is 0 Å². The lowest BCUT2D eigenvalue weighted by molar-refractivity contribution is 0.160. The summed E-state index contributed by atoms with van der Waals surface area (Å²) in [5, 5.41) is 3.89. The molecule has 2 heteroatoms. The van der Waals surface area contributed by atoms with E-state index in [1.807, 2.05) is 0 Å². The fourth-order valence-electron chi connectivity index (χ4n) is 4.12. The lowest BCUT2D eigenvalue weighted by Gasteiger charge is -2.35. The molecule has 1 aromatic rings. The minimum absolute atomic E-state index is 0.405. The quantitative estimate of drug-likeness (QED) is 0.889. The van der Waals surface area contributed by atoms with Gasteiger partial charge in [0.25, 0.3) is 0 Å². The number of benzene rings is 1. The number of aryl methyl sites for hydroxylation is 2. The van der Waals surface area contributed by atoms with Crippen LogP contribution in [0, 0.1) is 13.8 Å². The minimum Gasteiger partial charge on any atom is -0.310 e. The Bertz CT molecular complexity index is 488. The molecule has 1 aromatic carbocycles. The van der Waals surface area contributed by atoms with E-state index in [0.29, 0.717) is 11.6 Å². The van der Waals surface area contributed by atoms with Crippen molar-refractivity contribution in [2.45, 2.75) is 71.0 Å². The molecule has 1 aliphatic carbocycles. The Morgan fingerprint density at radius 2 is 2.00 bits per heavy atom. The zero-order valence-corrected chi connectivity index (χ0v) is 13.9. The Labute approximate surface area is 129 Å². The van der Waals surface area contributed by atoms with Crippen LogP contribution in [0.25, 0.3) is 0 Å². The van der Waals surface area contributed by atoms with Gasteiger partial charge in [-0.3, -0.25) is 4.90 Å². The van der Waals surface area contributed by atoms with Crippen molar-refractivity contribution in [2.24, 2.45) is 0 Å². The second-order valence-electron chi connectivity index (χ2n) is 7.39. The fourth-order valence-corrected chi connectivity index (χ4v) is 4.12. The van der Waals surface area contributed by atoms with Crippen LogP contribution in [0.5, 0.6) is 0 Å². The molecule has 0 radical (unpaired) electrons. The standard InChI is InChI=1S/C19H30N2/c1-15-6-7-16(2)18(12-15)13-21-14-19(9-4-5-10-19)20-11-8-17(21)3/h6-7,12,17,20H,4-5,8-11,13-14H2,1-3H3. The summed E-state index contributed by atoms with van der Waals surface area (Å²) >= 11 is 0. The molecule has 3 rings (SSSR count). The van der Waals surface area contributed by atoms with E-state index < -0.39 is 0 Å². The third kappa shape index (κ3) is 3.32. The second kappa shape index (κ2) is 6.10. The monoisotopic (exact) mass is 286 g/mol. The highest BCUT2D eigenvalue weighted by molar-refractivity contribution is 5.30. The van der Waals surface area contributed by atoms with Gasteiger partial charge in [0.1, 0.15) is 0 Å². The van der Waals surface area contributed by atoms with Crippen molar-refractivity contribution in [3.63, 3.8) is 0 Å². The Kier molecular flexibility index (Phi) is 4.37. The first-order chi connectivity index (χ1) is 10.1. The van der Waals surface area contributed by atoms with Gasteiger partial charge in [-0.25, -0.2) is 0 Å². The molecule has 116 valence electrons. The first-order valence-corrected chi connectivity index (χ1v) is 8.63. The van der Waals surface area contributed by atoms with Crippen LogP contribution < -0.4 is 5.32 Å². The summed E-state index contributed by atoms with van der Waals surface area (Å²) in [6.07, 6.45) is 6.80. The van der Waals surface area contributed by atoms with Crippen molar-refractivity contribution in [3.8, 4) is 0 Å². The highest BCUT2D eigenvalue weighted by atomic mass is 15.2. The fraction of sp³-hybridized carbons (Fsp3) is 0.684. The Hall–Kier alpha value is -0.860. The van der Waals surface area contributed by atoms with Crippen LogP contribution in [0.4, 0.5) is 0 Å². The lowest BCUT2D eigenvalue weighted by atomic mass is 9.96. The summed E-state index contributed by atoms with van der Waals surface area (Å²) in [6.45, 7) is 10.4. The van der Waals surface area contributed by atoms with E-state index in [1.165, 1.54) is 61.9 Å². The average Bonchev–Trinajstić information content (AvgIpc) is 2.84. The van der Waals surface area contributed by atoms with E-state index in [0.717, 1.165) is 6.54 Å². The van der Waals surface area contributed by atoms with Crippen LogP contribution in [-0.2, 0) is 6.54 Å². The summed E-state index contributed by atoms with van der Waals surface area (Å²) in [4.78, 5) is 2.73. The Morgan fingerprint density at radius 3 is 2.76 bits per heavy atom. The van der Waals surface area contributed by atoms with E-state index in [4.69, 9.17) is 0 Å². The van der Waals surface area contributed by atoms with Gasteiger partial charge in [0.15, 0.2) is 0 Å². The third-order valence-corrected chi connectivity index (χ3v) is 5.63. The summed E-state index contributed by atoms with van der Waals surface area (Å²) in [7, 11) is 0. The van der Waals surface area contributed by atoms with E-state index in [9.17, 15) is 0 Å². The van der Waals surface area contributed by atoms with Gasteiger partial charge in [-0.05, 0) is 57.7 Å². The molecule has 2 nitrogen and oxygen atoms in total. The van der Waals surface area contributed by atoms with Crippen molar-refractivity contribution in [3.05, 3.63) is 34.9 Å². The van der Waals surface area contributed by atoms with Gasteiger partial charge < -0.3 is 5.32 Å². The van der Waals surface area contributed by atoms with Crippen molar-refractivity contribution in [1.82, 2.24) is 10.2 Å². The Balaban J connectivity index is 1.79. The maximum Gasteiger partial charge on any atom is 0.0309 e. The molecule has 1 saturated carbocycles. The molecule has 1 aliphatic heterocycles. The molecular weight excluding hydrogens is 256 g/mol. The number of nitrogens with one attached hydrogen (secondary N) is 1. The van der Waals surface area contributed by atoms with Crippen molar-refractivity contribution >= 4 is 0 Å². The predicted molar refractivity (Wildman–Crippen MR) is 89.6 cm³/mol. The van der Waals surface area contributed by atoms with Crippen LogP contribution >= 0.6 is 0 Å². The van der Waals surface area contributed by atoms with Crippen LogP contribution in [-0.4, -0.2) is 29.6 Å². The number of rotatable bonds is 2. The lowest BCUT2D eigenvalue weighted by Crippen LogP contribution is -2.50. The van der Waals surface area contributed by atoms with E-state index in [2.05, 4.69) is 49.2 Å². The molecule has 0 aromatic heterocycles. The van der Waals surface area contributed by atoms with Gasteiger partial charge in [0, 0.05) is 24.7 Å². The first-order valence-electron chi connectivity index (χ1n) is 8.63.